The maximum absolute atomic E-state index is 4.27. The minimum absolute atomic E-state index is 0. The van der Waals surface area contributed by atoms with Crippen LogP contribution in [0.15, 0.2) is 4.99 Å². The molecule has 1 aliphatic rings. The fourth-order valence-corrected chi connectivity index (χ4v) is 2.52. The minimum Gasteiger partial charge on any atom is -0.356 e. The second-order valence-corrected chi connectivity index (χ2v) is 6.47. The van der Waals surface area contributed by atoms with E-state index in [2.05, 4.69) is 43.3 Å². The number of aliphatic imine (C=N–C) groups is 1. The summed E-state index contributed by atoms with van der Waals surface area (Å²) in [4.78, 5) is 4.27. The molecule has 2 N–H and O–H groups in total. The van der Waals surface area contributed by atoms with Crippen LogP contribution < -0.4 is 10.6 Å². The van der Waals surface area contributed by atoms with Crippen molar-refractivity contribution in [3.05, 3.63) is 0 Å². The van der Waals surface area contributed by atoms with E-state index >= 15 is 0 Å². The van der Waals surface area contributed by atoms with E-state index in [-0.39, 0.29) is 29.5 Å². The summed E-state index contributed by atoms with van der Waals surface area (Å²) in [5.74, 6) is 2.64. The standard InChI is InChI=1S/C14H29N3.HI/c1-11-7-6-8-12(9-11)10-16-13(15-5)17-14(2,3)4;/h11-12H,6-10H2,1-5H3,(H2,15,16,17);1H. The molecular formula is C14H30IN3. The van der Waals surface area contributed by atoms with Gasteiger partial charge in [0, 0.05) is 19.1 Å². The predicted molar refractivity (Wildman–Crippen MR) is 90.8 cm³/mol. The lowest BCUT2D eigenvalue weighted by Gasteiger charge is -2.29. The predicted octanol–water partition coefficient (Wildman–Crippen LogP) is 3.39. The summed E-state index contributed by atoms with van der Waals surface area (Å²) in [5, 5.41) is 6.85. The van der Waals surface area contributed by atoms with Crippen LogP contribution in [-0.4, -0.2) is 25.1 Å². The number of rotatable bonds is 2. The van der Waals surface area contributed by atoms with Crippen LogP contribution in [-0.2, 0) is 0 Å². The van der Waals surface area contributed by atoms with Gasteiger partial charge in [-0.25, -0.2) is 0 Å². The van der Waals surface area contributed by atoms with Gasteiger partial charge >= 0.3 is 0 Å². The van der Waals surface area contributed by atoms with Gasteiger partial charge in [-0.15, -0.1) is 24.0 Å². The molecule has 108 valence electrons. The lowest BCUT2D eigenvalue weighted by molar-refractivity contribution is 0.281. The molecule has 0 saturated heterocycles. The van der Waals surface area contributed by atoms with Gasteiger partial charge in [-0.05, 0) is 45.4 Å². The average molecular weight is 367 g/mol. The van der Waals surface area contributed by atoms with Crippen LogP contribution in [0.1, 0.15) is 53.4 Å². The van der Waals surface area contributed by atoms with Crippen molar-refractivity contribution in [2.24, 2.45) is 16.8 Å². The van der Waals surface area contributed by atoms with Gasteiger partial charge in [0.15, 0.2) is 5.96 Å². The second kappa shape index (κ2) is 8.23. The Kier molecular flexibility index (Phi) is 8.23. The summed E-state index contributed by atoms with van der Waals surface area (Å²) in [5.41, 5.74) is 0.0711. The smallest absolute Gasteiger partial charge is 0.191 e. The zero-order valence-corrected chi connectivity index (χ0v) is 14.9. The van der Waals surface area contributed by atoms with Crippen molar-refractivity contribution in [3.8, 4) is 0 Å². The van der Waals surface area contributed by atoms with Crippen molar-refractivity contribution in [2.45, 2.75) is 58.9 Å². The molecule has 1 aliphatic carbocycles. The van der Waals surface area contributed by atoms with Gasteiger partial charge in [0.05, 0.1) is 0 Å². The number of hydrogen-bond acceptors (Lipinski definition) is 1. The highest BCUT2D eigenvalue weighted by Gasteiger charge is 2.19. The van der Waals surface area contributed by atoms with E-state index in [1.54, 1.807) is 0 Å². The van der Waals surface area contributed by atoms with E-state index in [9.17, 15) is 0 Å². The number of nitrogens with one attached hydrogen (secondary N) is 2. The Hall–Kier alpha value is 0. The van der Waals surface area contributed by atoms with E-state index < -0.39 is 0 Å². The van der Waals surface area contributed by atoms with Gasteiger partial charge in [0.1, 0.15) is 0 Å². The summed E-state index contributed by atoms with van der Waals surface area (Å²) < 4.78 is 0. The molecule has 0 heterocycles. The molecule has 3 nitrogen and oxygen atoms in total. The highest BCUT2D eigenvalue weighted by molar-refractivity contribution is 14.0. The summed E-state index contributed by atoms with van der Waals surface area (Å²) in [7, 11) is 1.84. The zero-order valence-electron chi connectivity index (χ0n) is 12.5. The van der Waals surface area contributed by atoms with Crippen LogP contribution in [0.5, 0.6) is 0 Å². The van der Waals surface area contributed by atoms with Gasteiger partial charge in [0.25, 0.3) is 0 Å². The largest absolute Gasteiger partial charge is 0.356 e. The number of hydrogen-bond donors (Lipinski definition) is 2. The summed E-state index contributed by atoms with van der Waals surface area (Å²) in [6.07, 6.45) is 5.52. The molecule has 0 aromatic heterocycles. The highest BCUT2D eigenvalue weighted by Crippen LogP contribution is 2.27. The first-order valence-electron chi connectivity index (χ1n) is 6.89. The fraction of sp³-hybridized carbons (Fsp3) is 0.929. The van der Waals surface area contributed by atoms with Gasteiger partial charge in [0.2, 0.25) is 0 Å². The van der Waals surface area contributed by atoms with Crippen molar-refractivity contribution in [1.29, 1.82) is 0 Å². The molecule has 1 fully saturated rings. The Morgan fingerprint density at radius 1 is 1.28 bits per heavy atom. The topological polar surface area (TPSA) is 36.4 Å². The van der Waals surface area contributed by atoms with E-state index in [1.165, 1.54) is 25.7 Å². The van der Waals surface area contributed by atoms with Crippen LogP contribution in [0.25, 0.3) is 0 Å². The first-order valence-corrected chi connectivity index (χ1v) is 6.89. The zero-order chi connectivity index (χ0) is 12.9. The number of guanidine groups is 1. The molecule has 0 aromatic rings. The summed E-state index contributed by atoms with van der Waals surface area (Å²) in [6, 6.07) is 0. The quantitative estimate of drug-likeness (QED) is 0.446. The summed E-state index contributed by atoms with van der Waals surface area (Å²) >= 11 is 0. The van der Waals surface area contributed by atoms with Crippen LogP contribution in [0.2, 0.25) is 0 Å². The van der Waals surface area contributed by atoms with Gasteiger partial charge in [-0.1, -0.05) is 19.8 Å². The maximum Gasteiger partial charge on any atom is 0.191 e. The lowest BCUT2D eigenvalue weighted by Crippen LogP contribution is -2.48. The molecule has 0 aromatic carbocycles. The molecule has 1 rings (SSSR count). The van der Waals surface area contributed by atoms with Crippen LogP contribution in [0.3, 0.4) is 0 Å². The van der Waals surface area contributed by atoms with Crippen molar-refractivity contribution in [1.82, 2.24) is 10.6 Å². The van der Waals surface area contributed by atoms with Crippen molar-refractivity contribution >= 4 is 29.9 Å². The van der Waals surface area contributed by atoms with Crippen molar-refractivity contribution in [2.75, 3.05) is 13.6 Å². The van der Waals surface area contributed by atoms with Gasteiger partial charge in [-0.2, -0.15) is 0 Å². The Labute approximate surface area is 130 Å². The molecule has 1 saturated carbocycles. The van der Waals surface area contributed by atoms with E-state index in [4.69, 9.17) is 0 Å². The Morgan fingerprint density at radius 2 is 1.94 bits per heavy atom. The molecule has 0 spiro atoms. The minimum atomic E-state index is 0. The molecular weight excluding hydrogens is 337 g/mol. The third-order valence-electron chi connectivity index (χ3n) is 3.32. The highest BCUT2D eigenvalue weighted by atomic mass is 127. The van der Waals surface area contributed by atoms with Gasteiger partial charge in [-0.3, -0.25) is 4.99 Å². The van der Waals surface area contributed by atoms with Crippen molar-refractivity contribution < 1.29 is 0 Å². The van der Waals surface area contributed by atoms with Gasteiger partial charge < -0.3 is 10.6 Å². The summed E-state index contributed by atoms with van der Waals surface area (Å²) in [6.45, 7) is 9.89. The molecule has 4 heteroatoms. The average Bonchev–Trinajstić information content (AvgIpc) is 2.23. The number of halogens is 1. The van der Waals surface area contributed by atoms with Crippen LogP contribution in [0.4, 0.5) is 0 Å². The SMILES string of the molecule is CN=C(NCC1CCCC(C)C1)NC(C)(C)C.I. The molecule has 0 radical (unpaired) electrons. The normalized spacial score (nSPS) is 25.3. The Morgan fingerprint density at radius 3 is 2.44 bits per heavy atom. The fourth-order valence-electron chi connectivity index (χ4n) is 2.52. The molecule has 0 bridgehead atoms. The molecule has 0 aliphatic heterocycles. The third kappa shape index (κ3) is 7.44. The Balaban J connectivity index is 0.00000289. The van der Waals surface area contributed by atoms with Crippen molar-refractivity contribution in [3.63, 3.8) is 0 Å². The Bertz CT molecular complexity index is 258. The van der Waals surface area contributed by atoms with Crippen LogP contribution >= 0.6 is 24.0 Å². The maximum atomic E-state index is 4.27. The van der Waals surface area contributed by atoms with Crippen LogP contribution in [0, 0.1) is 11.8 Å². The molecule has 18 heavy (non-hydrogen) atoms. The number of nitrogens with zero attached hydrogens (tertiary/aromatic N) is 1. The second-order valence-electron chi connectivity index (χ2n) is 6.47. The van der Waals surface area contributed by atoms with E-state index in [0.29, 0.717) is 0 Å². The first-order chi connectivity index (χ1) is 7.90. The van der Waals surface area contributed by atoms with E-state index in [1.807, 2.05) is 7.05 Å². The third-order valence-corrected chi connectivity index (χ3v) is 3.32. The molecule has 2 atom stereocenters. The molecule has 2 unspecified atom stereocenters. The first kappa shape index (κ1) is 18.0. The lowest BCUT2D eigenvalue weighted by atomic mass is 9.82. The van der Waals surface area contributed by atoms with E-state index in [0.717, 1.165) is 24.3 Å². The monoisotopic (exact) mass is 367 g/mol. The molecule has 0 amide bonds.